The first-order valence-electron chi connectivity index (χ1n) is 10.2. The van der Waals surface area contributed by atoms with Crippen molar-refractivity contribution in [3.63, 3.8) is 0 Å². The number of aromatic nitrogens is 2. The molecule has 7 heteroatoms. The zero-order valence-electron chi connectivity index (χ0n) is 17.2. The van der Waals surface area contributed by atoms with Crippen LogP contribution in [0.3, 0.4) is 0 Å². The third-order valence-corrected chi connectivity index (χ3v) is 5.78. The van der Waals surface area contributed by atoms with E-state index >= 15 is 0 Å². The number of halogens is 1. The number of likely N-dealkylation sites (tertiary alicyclic amines) is 1. The smallest absolute Gasteiger partial charge is 0.237 e. The van der Waals surface area contributed by atoms with Gasteiger partial charge < -0.3 is 10.1 Å². The molecule has 1 saturated heterocycles. The van der Waals surface area contributed by atoms with Gasteiger partial charge in [0.25, 0.3) is 0 Å². The fourth-order valence-corrected chi connectivity index (χ4v) is 4.19. The Labute approximate surface area is 170 Å². The lowest BCUT2D eigenvalue weighted by molar-refractivity contribution is -0.127. The molecule has 1 amide bonds. The van der Waals surface area contributed by atoms with Crippen molar-refractivity contribution in [3.8, 4) is 17.0 Å². The Morgan fingerprint density at radius 2 is 2.17 bits per heavy atom. The summed E-state index contributed by atoms with van der Waals surface area (Å²) in [5, 5.41) is 2.99. The highest BCUT2D eigenvalue weighted by Crippen LogP contribution is 2.36. The summed E-state index contributed by atoms with van der Waals surface area (Å²) in [6.45, 7) is 5.05. The molecular weight excluding hydrogens is 371 g/mol. The number of amides is 1. The summed E-state index contributed by atoms with van der Waals surface area (Å²) in [5.41, 5.74) is 3.73. The van der Waals surface area contributed by atoms with Crippen molar-refractivity contribution in [1.82, 2.24) is 20.2 Å². The summed E-state index contributed by atoms with van der Waals surface area (Å²) in [6.07, 6.45) is 5.07. The Bertz CT molecular complexity index is 933. The average molecular weight is 398 g/mol. The second kappa shape index (κ2) is 8.06. The number of likely N-dealkylation sites (N-methyl/N-ethyl adjacent to an activating group) is 1. The van der Waals surface area contributed by atoms with Crippen LogP contribution in [-0.4, -0.2) is 53.1 Å². The van der Waals surface area contributed by atoms with Crippen LogP contribution >= 0.6 is 0 Å². The molecule has 2 aromatic rings. The summed E-state index contributed by atoms with van der Waals surface area (Å²) in [4.78, 5) is 23.5. The molecule has 154 valence electrons. The van der Waals surface area contributed by atoms with Crippen LogP contribution in [0.4, 0.5) is 4.39 Å². The standard InChI is InChI=1S/C22H27FN4O2/c1-13-11-24-14(2)20(26-13)15-8-16-9-17(29-21(16)18(23)10-15)12-25-22(28)19-6-4-5-7-27(19)3/h8,10-11,17,19H,4-7,9,12H2,1-3H3,(H,25,28)/t17-,19+/m0/s1. The van der Waals surface area contributed by atoms with Crippen LogP contribution in [0.15, 0.2) is 18.3 Å². The van der Waals surface area contributed by atoms with Crippen LogP contribution in [0, 0.1) is 19.7 Å². The number of rotatable bonds is 4. The average Bonchev–Trinajstić information content (AvgIpc) is 3.12. The van der Waals surface area contributed by atoms with Gasteiger partial charge in [0.1, 0.15) is 6.10 Å². The number of hydrogen-bond acceptors (Lipinski definition) is 5. The summed E-state index contributed by atoms with van der Waals surface area (Å²) in [7, 11) is 1.98. The molecule has 0 bridgehead atoms. The Morgan fingerprint density at radius 1 is 1.34 bits per heavy atom. The topological polar surface area (TPSA) is 67.4 Å². The molecule has 0 unspecified atom stereocenters. The maximum Gasteiger partial charge on any atom is 0.237 e. The fraction of sp³-hybridized carbons (Fsp3) is 0.500. The molecule has 6 nitrogen and oxygen atoms in total. The van der Waals surface area contributed by atoms with Crippen molar-refractivity contribution in [2.24, 2.45) is 0 Å². The maximum absolute atomic E-state index is 14.7. The largest absolute Gasteiger partial charge is 0.485 e. The molecule has 2 aliphatic heterocycles. The molecule has 0 spiro atoms. The van der Waals surface area contributed by atoms with E-state index in [1.165, 1.54) is 6.07 Å². The summed E-state index contributed by atoms with van der Waals surface area (Å²) in [5.74, 6) is -0.0966. The number of hydrogen-bond donors (Lipinski definition) is 1. The summed E-state index contributed by atoms with van der Waals surface area (Å²) >= 11 is 0. The minimum atomic E-state index is -0.402. The van der Waals surface area contributed by atoms with Crippen LogP contribution in [0.2, 0.25) is 0 Å². The molecule has 0 aliphatic carbocycles. The summed E-state index contributed by atoms with van der Waals surface area (Å²) < 4.78 is 20.5. The van der Waals surface area contributed by atoms with Gasteiger partial charge in [-0.05, 0) is 52.4 Å². The van der Waals surface area contributed by atoms with E-state index in [0.717, 1.165) is 42.8 Å². The van der Waals surface area contributed by atoms with Crippen LogP contribution < -0.4 is 10.1 Å². The quantitative estimate of drug-likeness (QED) is 0.858. The van der Waals surface area contributed by atoms with Crippen molar-refractivity contribution < 1.29 is 13.9 Å². The van der Waals surface area contributed by atoms with Crippen LogP contribution in [-0.2, 0) is 11.2 Å². The van der Waals surface area contributed by atoms with Gasteiger partial charge in [-0.15, -0.1) is 0 Å². The van der Waals surface area contributed by atoms with Gasteiger partial charge in [0, 0.05) is 23.7 Å². The molecule has 0 radical (unpaired) electrons. The molecule has 1 N–H and O–H groups in total. The molecular formula is C22H27FN4O2. The first kappa shape index (κ1) is 19.8. The predicted octanol–water partition coefficient (Wildman–Crippen LogP) is 2.80. The zero-order chi connectivity index (χ0) is 20.5. The first-order valence-corrected chi connectivity index (χ1v) is 10.2. The lowest BCUT2D eigenvalue weighted by atomic mass is 10.0. The Balaban J connectivity index is 1.45. The van der Waals surface area contributed by atoms with Crippen molar-refractivity contribution >= 4 is 5.91 Å². The van der Waals surface area contributed by atoms with E-state index in [1.807, 2.05) is 27.0 Å². The highest BCUT2D eigenvalue weighted by Gasteiger charge is 2.30. The lowest BCUT2D eigenvalue weighted by Gasteiger charge is -2.31. The van der Waals surface area contributed by atoms with Crippen LogP contribution in [0.1, 0.15) is 36.2 Å². The molecule has 3 heterocycles. The van der Waals surface area contributed by atoms with Gasteiger partial charge in [0.2, 0.25) is 5.91 Å². The van der Waals surface area contributed by atoms with Crippen LogP contribution in [0.5, 0.6) is 5.75 Å². The van der Waals surface area contributed by atoms with E-state index in [0.29, 0.717) is 24.2 Å². The van der Waals surface area contributed by atoms with Crippen molar-refractivity contribution in [2.45, 2.75) is 51.7 Å². The van der Waals surface area contributed by atoms with Gasteiger partial charge in [-0.3, -0.25) is 14.7 Å². The van der Waals surface area contributed by atoms with Gasteiger partial charge in [-0.1, -0.05) is 6.42 Å². The molecule has 2 atom stereocenters. The van der Waals surface area contributed by atoms with E-state index in [9.17, 15) is 9.18 Å². The zero-order valence-corrected chi connectivity index (χ0v) is 17.2. The fourth-order valence-electron chi connectivity index (χ4n) is 4.19. The van der Waals surface area contributed by atoms with Crippen LogP contribution in [0.25, 0.3) is 11.3 Å². The first-order chi connectivity index (χ1) is 13.9. The van der Waals surface area contributed by atoms with Gasteiger partial charge >= 0.3 is 0 Å². The van der Waals surface area contributed by atoms with Crippen molar-refractivity contribution in [2.75, 3.05) is 20.1 Å². The molecule has 1 aromatic heterocycles. The van der Waals surface area contributed by atoms with Crippen molar-refractivity contribution in [3.05, 3.63) is 41.1 Å². The number of nitrogens with zero attached hydrogens (tertiary/aromatic N) is 3. The lowest BCUT2D eigenvalue weighted by Crippen LogP contribution is -2.49. The number of nitrogens with one attached hydrogen (secondary N) is 1. The Hall–Kier alpha value is -2.54. The third-order valence-electron chi connectivity index (χ3n) is 5.78. The molecule has 4 rings (SSSR count). The molecule has 2 aliphatic rings. The normalized spacial score (nSPS) is 21.5. The Kier molecular flexibility index (Phi) is 5.50. The number of carbonyl (C=O) groups excluding carboxylic acids is 1. The SMILES string of the molecule is Cc1cnc(C)c(-c2cc(F)c3c(c2)C[C@@H](CNC(=O)[C@H]2CCCCN2C)O3)n1. The van der Waals surface area contributed by atoms with Gasteiger partial charge in [0.15, 0.2) is 11.6 Å². The van der Waals surface area contributed by atoms with Gasteiger partial charge in [-0.25, -0.2) is 9.37 Å². The van der Waals surface area contributed by atoms with E-state index in [-0.39, 0.29) is 23.8 Å². The van der Waals surface area contributed by atoms with Gasteiger partial charge in [-0.2, -0.15) is 0 Å². The number of benzene rings is 1. The monoisotopic (exact) mass is 398 g/mol. The number of aryl methyl sites for hydroxylation is 2. The minimum Gasteiger partial charge on any atom is -0.485 e. The number of carbonyl (C=O) groups is 1. The van der Waals surface area contributed by atoms with E-state index in [1.54, 1.807) is 6.20 Å². The van der Waals surface area contributed by atoms with E-state index < -0.39 is 5.82 Å². The van der Waals surface area contributed by atoms with Crippen molar-refractivity contribution in [1.29, 1.82) is 0 Å². The van der Waals surface area contributed by atoms with E-state index in [2.05, 4.69) is 20.2 Å². The minimum absolute atomic E-state index is 0.0265. The van der Waals surface area contributed by atoms with Gasteiger partial charge in [0.05, 0.1) is 29.7 Å². The second-order valence-corrected chi connectivity index (χ2v) is 8.07. The second-order valence-electron chi connectivity index (χ2n) is 8.07. The molecule has 29 heavy (non-hydrogen) atoms. The maximum atomic E-state index is 14.7. The number of fused-ring (bicyclic) bond motifs is 1. The molecule has 1 aromatic carbocycles. The van der Waals surface area contributed by atoms with E-state index in [4.69, 9.17) is 4.74 Å². The predicted molar refractivity (Wildman–Crippen MR) is 108 cm³/mol. The highest BCUT2D eigenvalue weighted by atomic mass is 19.1. The molecule has 1 fully saturated rings. The highest BCUT2D eigenvalue weighted by molar-refractivity contribution is 5.81. The Morgan fingerprint density at radius 3 is 2.97 bits per heavy atom. The summed E-state index contributed by atoms with van der Waals surface area (Å²) in [6, 6.07) is 3.29. The molecule has 0 saturated carbocycles. The third kappa shape index (κ3) is 4.10. The number of ether oxygens (including phenoxy) is 1. The number of piperidine rings is 1.